The molecule has 2 aliphatic rings. The third-order valence-corrected chi connectivity index (χ3v) is 7.51. The maximum Gasteiger partial charge on any atom is 0.259 e. The highest BCUT2D eigenvalue weighted by Gasteiger charge is 2.21. The number of nitrogens with one attached hydrogen (secondary N) is 1. The van der Waals surface area contributed by atoms with Gasteiger partial charge in [-0.3, -0.25) is 10.1 Å². The minimum Gasteiger partial charge on any atom is -0.496 e. The standard InChI is InChI=1S/C29H27N5O4S/c1-36-24-5-3-2-4-21(24)22-14-25(38-17-19-10-12-37-13-11-19)30-16-23(22)27(35)34-29-33-26-28(39-29)32-20(15-31-26)9-8-18-6-7-18/h2-5,14-16,18-19H,6-7,10-13,17H2,1H3,(H,31,33,34,35). The number of carbonyl (C=O) groups is 1. The summed E-state index contributed by atoms with van der Waals surface area (Å²) in [5, 5.41) is 3.29. The number of fused-ring (bicyclic) bond motifs is 1. The Morgan fingerprint density at radius 3 is 2.77 bits per heavy atom. The predicted octanol–water partition coefficient (Wildman–Crippen LogP) is 4.98. The third kappa shape index (κ3) is 6.00. The normalized spacial score (nSPS) is 15.4. The minimum atomic E-state index is -0.354. The lowest BCUT2D eigenvalue weighted by Gasteiger charge is -2.22. The van der Waals surface area contributed by atoms with Crippen molar-refractivity contribution in [2.45, 2.75) is 25.7 Å². The number of nitrogens with zero attached hydrogens (tertiary/aromatic N) is 4. The zero-order valence-electron chi connectivity index (χ0n) is 21.5. The second kappa shape index (κ2) is 11.4. The van der Waals surface area contributed by atoms with Crippen LogP contribution in [0.4, 0.5) is 5.13 Å². The van der Waals surface area contributed by atoms with Crippen molar-refractivity contribution < 1.29 is 19.0 Å². The van der Waals surface area contributed by atoms with Crippen molar-refractivity contribution in [1.29, 1.82) is 0 Å². The summed E-state index contributed by atoms with van der Waals surface area (Å²) >= 11 is 1.26. The largest absolute Gasteiger partial charge is 0.496 e. The van der Waals surface area contributed by atoms with Crippen LogP contribution >= 0.6 is 11.3 Å². The fourth-order valence-electron chi connectivity index (χ4n) is 4.31. The van der Waals surface area contributed by atoms with Crippen LogP contribution in [-0.2, 0) is 4.74 Å². The van der Waals surface area contributed by atoms with Crippen molar-refractivity contribution in [2.24, 2.45) is 11.8 Å². The average molecular weight is 542 g/mol. The van der Waals surface area contributed by atoms with E-state index in [4.69, 9.17) is 14.2 Å². The molecule has 1 saturated heterocycles. The number of methoxy groups -OCH3 is 1. The van der Waals surface area contributed by atoms with Gasteiger partial charge in [0, 0.05) is 42.5 Å². The average Bonchev–Trinajstić information content (AvgIpc) is 3.73. The molecular formula is C29H27N5O4S. The van der Waals surface area contributed by atoms with E-state index in [1.165, 1.54) is 17.5 Å². The number of benzene rings is 1. The monoisotopic (exact) mass is 541 g/mol. The van der Waals surface area contributed by atoms with Gasteiger partial charge in [-0.05, 0) is 43.6 Å². The number of para-hydroxylation sites is 1. The molecule has 6 rings (SSSR count). The molecule has 39 heavy (non-hydrogen) atoms. The number of rotatable bonds is 7. The molecule has 1 aliphatic heterocycles. The van der Waals surface area contributed by atoms with Gasteiger partial charge in [-0.15, -0.1) is 0 Å². The van der Waals surface area contributed by atoms with E-state index in [1.54, 1.807) is 19.4 Å². The number of pyridine rings is 1. The summed E-state index contributed by atoms with van der Waals surface area (Å²) in [5.41, 5.74) is 2.85. The van der Waals surface area contributed by atoms with Gasteiger partial charge in [-0.25, -0.2) is 15.0 Å². The molecule has 198 valence electrons. The SMILES string of the molecule is COc1ccccc1-c1cc(OCC2CCOCC2)ncc1C(=O)Nc1nc2ncc(C#CC3CC3)nc2s1. The zero-order chi connectivity index (χ0) is 26.6. The number of hydrogen-bond donors (Lipinski definition) is 1. The molecule has 1 saturated carbocycles. The Morgan fingerprint density at radius 2 is 1.95 bits per heavy atom. The molecule has 1 N–H and O–H groups in total. The maximum absolute atomic E-state index is 13.5. The van der Waals surface area contributed by atoms with Crippen LogP contribution in [0.15, 0.2) is 42.7 Å². The number of hydrogen-bond acceptors (Lipinski definition) is 9. The van der Waals surface area contributed by atoms with Crippen LogP contribution in [0.5, 0.6) is 11.6 Å². The van der Waals surface area contributed by atoms with Crippen LogP contribution in [0.2, 0.25) is 0 Å². The lowest BCUT2D eigenvalue weighted by molar-refractivity contribution is 0.0490. The molecule has 1 amide bonds. The van der Waals surface area contributed by atoms with E-state index in [-0.39, 0.29) is 5.91 Å². The Hall–Kier alpha value is -4.07. The number of amides is 1. The fraction of sp³-hybridized carbons (Fsp3) is 0.345. The molecule has 0 unspecified atom stereocenters. The molecule has 3 aromatic heterocycles. The first kappa shape index (κ1) is 25.2. The van der Waals surface area contributed by atoms with E-state index in [0.29, 0.717) is 62.5 Å². The molecule has 0 spiro atoms. The number of ether oxygens (including phenoxy) is 3. The van der Waals surface area contributed by atoms with E-state index in [9.17, 15) is 4.79 Å². The first-order valence-corrected chi connectivity index (χ1v) is 13.8. The Bertz CT molecular complexity index is 1570. The van der Waals surface area contributed by atoms with Gasteiger partial charge in [-0.2, -0.15) is 4.98 Å². The lowest BCUT2D eigenvalue weighted by atomic mass is 10.00. The molecule has 9 nitrogen and oxygen atoms in total. The van der Waals surface area contributed by atoms with Crippen molar-refractivity contribution >= 4 is 32.9 Å². The van der Waals surface area contributed by atoms with Gasteiger partial charge in [0.05, 0.1) is 25.5 Å². The van der Waals surface area contributed by atoms with Crippen LogP contribution in [0, 0.1) is 23.7 Å². The molecule has 0 bridgehead atoms. The third-order valence-electron chi connectivity index (χ3n) is 6.65. The Kier molecular flexibility index (Phi) is 7.34. The summed E-state index contributed by atoms with van der Waals surface area (Å²) in [6, 6.07) is 9.34. The van der Waals surface area contributed by atoms with Crippen molar-refractivity contribution in [3.05, 3.63) is 54.0 Å². The van der Waals surface area contributed by atoms with Crippen molar-refractivity contribution in [3.8, 4) is 34.6 Å². The molecule has 2 fully saturated rings. The van der Waals surface area contributed by atoms with Gasteiger partial charge in [-0.1, -0.05) is 35.5 Å². The van der Waals surface area contributed by atoms with Gasteiger partial charge in [0.2, 0.25) is 5.88 Å². The maximum atomic E-state index is 13.5. The highest BCUT2D eigenvalue weighted by Crippen LogP contribution is 2.35. The smallest absolute Gasteiger partial charge is 0.259 e. The fourth-order valence-corrected chi connectivity index (χ4v) is 5.10. The van der Waals surface area contributed by atoms with Gasteiger partial charge < -0.3 is 14.2 Å². The van der Waals surface area contributed by atoms with Gasteiger partial charge >= 0.3 is 0 Å². The van der Waals surface area contributed by atoms with Crippen LogP contribution in [0.3, 0.4) is 0 Å². The van der Waals surface area contributed by atoms with Crippen LogP contribution in [0.25, 0.3) is 21.6 Å². The highest BCUT2D eigenvalue weighted by molar-refractivity contribution is 7.21. The van der Waals surface area contributed by atoms with Crippen molar-refractivity contribution in [3.63, 3.8) is 0 Å². The number of thiazole rings is 1. The van der Waals surface area contributed by atoms with Crippen LogP contribution in [0.1, 0.15) is 41.7 Å². The van der Waals surface area contributed by atoms with Gasteiger partial charge in [0.1, 0.15) is 11.4 Å². The van der Waals surface area contributed by atoms with E-state index < -0.39 is 0 Å². The molecule has 4 aromatic rings. The summed E-state index contributed by atoms with van der Waals surface area (Å²) < 4.78 is 17.1. The quantitative estimate of drug-likeness (QED) is 0.327. The lowest BCUT2D eigenvalue weighted by Crippen LogP contribution is -2.21. The number of carbonyl (C=O) groups excluding carboxylic acids is 1. The Balaban J connectivity index is 1.26. The van der Waals surface area contributed by atoms with E-state index in [1.807, 2.05) is 24.3 Å². The summed E-state index contributed by atoms with van der Waals surface area (Å²) in [5.74, 6) is 7.90. The Labute approximate surface area is 230 Å². The number of anilines is 1. The van der Waals surface area contributed by atoms with Crippen molar-refractivity contribution in [2.75, 3.05) is 32.2 Å². The van der Waals surface area contributed by atoms with E-state index >= 15 is 0 Å². The summed E-state index contributed by atoms with van der Waals surface area (Å²) in [4.78, 5) is 31.9. The second-order valence-corrected chi connectivity index (χ2v) is 10.5. The second-order valence-electron chi connectivity index (χ2n) is 9.54. The van der Waals surface area contributed by atoms with Crippen molar-refractivity contribution in [1.82, 2.24) is 19.9 Å². The van der Waals surface area contributed by atoms with Crippen LogP contribution in [-0.4, -0.2) is 52.8 Å². The molecule has 1 aromatic carbocycles. The van der Waals surface area contributed by atoms with Gasteiger partial charge in [0.25, 0.3) is 5.91 Å². The number of aromatic nitrogens is 4. The molecule has 0 atom stereocenters. The first-order valence-electron chi connectivity index (χ1n) is 13.0. The zero-order valence-corrected chi connectivity index (χ0v) is 22.3. The topological polar surface area (TPSA) is 108 Å². The summed E-state index contributed by atoms with van der Waals surface area (Å²) in [6.07, 6.45) is 7.36. The highest BCUT2D eigenvalue weighted by atomic mass is 32.1. The predicted molar refractivity (Wildman–Crippen MR) is 148 cm³/mol. The van der Waals surface area contributed by atoms with Gasteiger partial charge in [0.15, 0.2) is 15.6 Å². The van der Waals surface area contributed by atoms with Crippen LogP contribution < -0.4 is 14.8 Å². The first-order chi connectivity index (χ1) is 19.2. The summed E-state index contributed by atoms with van der Waals surface area (Å²) in [6.45, 7) is 2.05. The summed E-state index contributed by atoms with van der Waals surface area (Å²) in [7, 11) is 1.60. The molecule has 0 radical (unpaired) electrons. The van der Waals surface area contributed by atoms with E-state index in [2.05, 4.69) is 37.1 Å². The van der Waals surface area contributed by atoms with E-state index in [0.717, 1.165) is 44.5 Å². The molecule has 1 aliphatic carbocycles. The molecular weight excluding hydrogens is 514 g/mol. The Morgan fingerprint density at radius 1 is 1.10 bits per heavy atom. The minimum absolute atomic E-state index is 0.354. The molecule has 4 heterocycles. The molecule has 10 heteroatoms.